The van der Waals surface area contributed by atoms with Crippen LogP contribution in [0.3, 0.4) is 0 Å². The molecule has 0 amide bonds. The van der Waals surface area contributed by atoms with E-state index < -0.39 is 11.6 Å². The molecule has 0 saturated carbocycles. The van der Waals surface area contributed by atoms with Gasteiger partial charge in [0.05, 0.1) is 0 Å². The van der Waals surface area contributed by atoms with E-state index in [1.807, 2.05) is 30.3 Å². The van der Waals surface area contributed by atoms with E-state index >= 15 is 0 Å². The maximum Gasteiger partial charge on any atom is 0.207 e. The minimum atomic E-state index is -0.485. The van der Waals surface area contributed by atoms with Gasteiger partial charge in [0.2, 0.25) is 5.78 Å². The average Bonchev–Trinajstić information content (AvgIpc) is 2.67. The van der Waals surface area contributed by atoms with E-state index in [4.69, 9.17) is 9.94 Å². The van der Waals surface area contributed by atoms with Crippen LogP contribution in [-0.2, 0) is 6.61 Å². The number of Topliss-reactive ketones (excluding diaryl/α,β-unsaturated/α-hetero) is 1. The first-order chi connectivity index (χ1) is 12.7. The van der Waals surface area contributed by atoms with Crippen molar-refractivity contribution in [2.75, 3.05) is 0 Å². The number of hydrogen-bond acceptors (Lipinski definition) is 4. The van der Waals surface area contributed by atoms with Gasteiger partial charge in [-0.2, -0.15) is 0 Å². The van der Waals surface area contributed by atoms with Crippen molar-refractivity contribution < 1.29 is 19.1 Å². The van der Waals surface area contributed by atoms with E-state index in [0.717, 1.165) is 11.8 Å². The average molecular weight is 349 g/mol. The summed E-state index contributed by atoms with van der Waals surface area (Å²) in [5.41, 5.74) is 2.33. The molecule has 0 bridgehead atoms. The van der Waals surface area contributed by atoms with E-state index in [0.29, 0.717) is 29.0 Å². The molecule has 0 aromatic heterocycles. The first-order valence-corrected chi connectivity index (χ1v) is 7.96. The van der Waals surface area contributed by atoms with Crippen LogP contribution < -0.4 is 4.74 Å². The van der Waals surface area contributed by atoms with Gasteiger partial charge in [0.25, 0.3) is 0 Å². The molecule has 4 nitrogen and oxygen atoms in total. The Morgan fingerprint density at radius 2 is 1.85 bits per heavy atom. The summed E-state index contributed by atoms with van der Waals surface area (Å²) < 4.78 is 19.4. The quantitative estimate of drug-likeness (QED) is 0.303. The topological polar surface area (TPSA) is 58.9 Å². The Labute approximate surface area is 150 Å². The Bertz CT molecular complexity index is 939. The van der Waals surface area contributed by atoms with Gasteiger partial charge in [-0.3, -0.25) is 4.79 Å². The molecule has 3 aromatic rings. The largest absolute Gasteiger partial charge is 0.489 e. The van der Waals surface area contributed by atoms with Gasteiger partial charge in [-0.1, -0.05) is 47.6 Å². The zero-order valence-electron chi connectivity index (χ0n) is 13.8. The zero-order valence-corrected chi connectivity index (χ0v) is 13.8. The number of ether oxygens (including phenoxy) is 1. The van der Waals surface area contributed by atoms with Crippen LogP contribution in [0.4, 0.5) is 4.39 Å². The predicted molar refractivity (Wildman–Crippen MR) is 97.2 cm³/mol. The molecular weight excluding hydrogens is 333 g/mol. The van der Waals surface area contributed by atoms with Crippen molar-refractivity contribution in [1.82, 2.24) is 0 Å². The van der Waals surface area contributed by atoms with E-state index in [1.54, 1.807) is 30.3 Å². The summed E-state index contributed by atoms with van der Waals surface area (Å²) in [4.78, 5) is 12.2. The second-order valence-electron chi connectivity index (χ2n) is 5.60. The van der Waals surface area contributed by atoms with E-state index in [-0.39, 0.29) is 0 Å². The molecule has 0 aliphatic heterocycles. The maximum absolute atomic E-state index is 13.6. The van der Waals surface area contributed by atoms with Crippen molar-refractivity contribution in [2.45, 2.75) is 6.61 Å². The number of carbonyl (C=O) groups is 1. The summed E-state index contributed by atoms with van der Waals surface area (Å²) in [7, 11) is 0. The number of ketones is 1. The lowest BCUT2D eigenvalue weighted by Gasteiger charge is -2.12. The monoisotopic (exact) mass is 349 g/mol. The highest BCUT2D eigenvalue weighted by atomic mass is 19.1. The highest BCUT2D eigenvalue weighted by molar-refractivity contribution is 6.36. The highest BCUT2D eigenvalue weighted by Crippen LogP contribution is 2.29. The molecule has 0 unspecified atom stereocenters. The molecule has 3 aromatic carbocycles. The third-order valence-corrected chi connectivity index (χ3v) is 3.82. The fourth-order valence-electron chi connectivity index (χ4n) is 2.59. The fourth-order valence-corrected chi connectivity index (χ4v) is 2.59. The first kappa shape index (κ1) is 17.4. The van der Waals surface area contributed by atoms with Gasteiger partial charge in [-0.05, 0) is 47.0 Å². The van der Waals surface area contributed by atoms with Crippen molar-refractivity contribution in [2.24, 2.45) is 5.16 Å². The van der Waals surface area contributed by atoms with Gasteiger partial charge >= 0.3 is 0 Å². The summed E-state index contributed by atoms with van der Waals surface area (Å²) >= 11 is 0. The van der Waals surface area contributed by atoms with Gasteiger partial charge in [-0.25, -0.2) is 4.39 Å². The van der Waals surface area contributed by atoms with Crippen LogP contribution in [0.15, 0.2) is 78.0 Å². The molecular formula is C21H16FNO3. The number of carbonyl (C=O) groups excluding carboxylic acids is 1. The summed E-state index contributed by atoms with van der Waals surface area (Å²) in [6.45, 7) is 0.370. The van der Waals surface area contributed by atoms with Crippen molar-refractivity contribution in [3.63, 3.8) is 0 Å². The molecule has 0 radical (unpaired) electrons. The van der Waals surface area contributed by atoms with Gasteiger partial charge in [0.1, 0.15) is 24.4 Å². The number of rotatable bonds is 6. The van der Waals surface area contributed by atoms with Crippen LogP contribution in [0.2, 0.25) is 0 Å². The van der Waals surface area contributed by atoms with E-state index in [9.17, 15) is 9.18 Å². The lowest BCUT2D eigenvalue weighted by Crippen LogP contribution is -2.04. The summed E-state index contributed by atoms with van der Waals surface area (Å²) in [6, 6.07) is 20.5. The van der Waals surface area contributed by atoms with Gasteiger partial charge in [0.15, 0.2) is 0 Å². The van der Waals surface area contributed by atoms with Crippen LogP contribution in [0, 0.1) is 5.82 Å². The highest BCUT2D eigenvalue weighted by Gasteiger charge is 2.14. The molecule has 5 heteroatoms. The van der Waals surface area contributed by atoms with Crippen LogP contribution in [0.5, 0.6) is 5.75 Å². The third-order valence-electron chi connectivity index (χ3n) is 3.82. The van der Waals surface area contributed by atoms with Crippen LogP contribution in [-0.4, -0.2) is 17.2 Å². The second kappa shape index (κ2) is 8.07. The molecule has 3 rings (SSSR count). The molecule has 130 valence electrons. The Morgan fingerprint density at radius 3 is 2.58 bits per heavy atom. The van der Waals surface area contributed by atoms with Crippen molar-refractivity contribution >= 4 is 12.0 Å². The molecule has 0 aliphatic carbocycles. The number of halogens is 1. The molecule has 0 fully saturated rings. The van der Waals surface area contributed by atoms with Gasteiger partial charge in [-0.15, -0.1) is 0 Å². The van der Waals surface area contributed by atoms with Gasteiger partial charge in [0, 0.05) is 5.56 Å². The summed E-state index contributed by atoms with van der Waals surface area (Å²) in [5, 5.41) is 11.4. The number of hydrogen-bond donors (Lipinski definition) is 1. The molecule has 26 heavy (non-hydrogen) atoms. The van der Waals surface area contributed by atoms with Crippen molar-refractivity contribution in [3.8, 4) is 16.9 Å². The maximum atomic E-state index is 13.6. The smallest absolute Gasteiger partial charge is 0.207 e. The molecule has 0 atom stereocenters. The summed E-state index contributed by atoms with van der Waals surface area (Å²) in [6.07, 6.45) is 0.808. The van der Waals surface area contributed by atoms with Crippen molar-refractivity contribution in [3.05, 3.63) is 89.7 Å². The predicted octanol–water partition coefficient (Wildman–Crippen LogP) is 4.71. The molecule has 1 N–H and O–H groups in total. The van der Waals surface area contributed by atoms with Crippen LogP contribution in [0.25, 0.3) is 11.1 Å². The third kappa shape index (κ3) is 4.13. The molecule has 0 saturated heterocycles. The number of nitrogens with zero attached hydrogens (tertiary/aromatic N) is 1. The minimum Gasteiger partial charge on any atom is -0.489 e. The SMILES string of the molecule is O=C(/C=N/O)c1ccc(OCc2ccccc2)cc1-c1cccc(F)c1. The fraction of sp³-hybridized carbons (Fsp3) is 0.0476. The molecule has 0 heterocycles. The molecule has 0 spiro atoms. The number of benzene rings is 3. The lowest BCUT2D eigenvalue weighted by molar-refractivity contribution is 0.106. The van der Waals surface area contributed by atoms with E-state index in [1.165, 1.54) is 12.1 Å². The van der Waals surface area contributed by atoms with Crippen LogP contribution >= 0.6 is 0 Å². The standard InChI is InChI=1S/C21H16FNO3/c22-17-8-4-7-16(11-17)20-12-18(9-10-19(20)21(24)13-23-25)26-14-15-5-2-1-3-6-15/h1-13,25H,14H2/b23-13+. The Morgan fingerprint density at radius 1 is 1.04 bits per heavy atom. The second-order valence-corrected chi connectivity index (χ2v) is 5.60. The normalized spacial score (nSPS) is 10.8. The number of oxime groups is 1. The minimum absolute atomic E-state index is 0.292. The van der Waals surface area contributed by atoms with Crippen molar-refractivity contribution in [1.29, 1.82) is 0 Å². The Kier molecular flexibility index (Phi) is 5.39. The molecule has 0 aliphatic rings. The van der Waals surface area contributed by atoms with Gasteiger partial charge < -0.3 is 9.94 Å². The summed E-state index contributed by atoms with van der Waals surface area (Å²) in [5.74, 6) is -0.348. The Hall–Kier alpha value is -3.47. The van der Waals surface area contributed by atoms with E-state index in [2.05, 4.69) is 5.16 Å². The zero-order chi connectivity index (χ0) is 18.4. The Balaban J connectivity index is 1.96. The lowest BCUT2D eigenvalue weighted by atomic mass is 9.97. The van der Waals surface area contributed by atoms with Crippen LogP contribution in [0.1, 0.15) is 15.9 Å². The first-order valence-electron chi connectivity index (χ1n) is 7.96.